The normalized spacial score (nSPS) is 33.0. The van der Waals surface area contributed by atoms with Crippen molar-refractivity contribution in [2.75, 3.05) is 26.3 Å². The van der Waals surface area contributed by atoms with Gasteiger partial charge in [-0.05, 0) is 44.6 Å². The fourth-order valence-electron chi connectivity index (χ4n) is 3.41. The first-order chi connectivity index (χ1) is 8.68. The van der Waals surface area contributed by atoms with Gasteiger partial charge in [-0.1, -0.05) is 25.7 Å². The minimum Gasteiger partial charge on any atom is -0.380 e. The van der Waals surface area contributed by atoms with E-state index in [0.717, 1.165) is 26.3 Å². The molecule has 3 heteroatoms. The first-order valence-electron chi connectivity index (χ1n) is 7.71. The van der Waals surface area contributed by atoms with E-state index in [1.807, 2.05) is 0 Å². The predicted octanol–water partition coefficient (Wildman–Crippen LogP) is 2.44. The van der Waals surface area contributed by atoms with Gasteiger partial charge in [0.25, 0.3) is 0 Å². The van der Waals surface area contributed by atoms with Crippen LogP contribution >= 0.6 is 0 Å². The van der Waals surface area contributed by atoms with Crippen LogP contribution in [0.25, 0.3) is 0 Å². The van der Waals surface area contributed by atoms with E-state index in [2.05, 4.69) is 12.2 Å². The zero-order valence-electron chi connectivity index (χ0n) is 12.0. The maximum absolute atomic E-state index is 6.10. The molecule has 0 aromatic heterocycles. The van der Waals surface area contributed by atoms with Crippen LogP contribution in [0.3, 0.4) is 0 Å². The maximum Gasteiger partial charge on any atom is 0.0645 e. The lowest BCUT2D eigenvalue weighted by Crippen LogP contribution is -2.53. The Balaban J connectivity index is 1.88. The van der Waals surface area contributed by atoms with Crippen LogP contribution < -0.4 is 11.1 Å². The first kappa shape index (κ1) is 14.3. The molecule has 1 aliphatic carbocycles. The zero-order chi connectivity index (χ0) is 12.9. The van der Waals surface area contributed by atoms with Crippen LogP contribution in [0, 0.1) is 5.41 Å². The van der Waals surface area contributed by atoms with Crippen molar-refractivity contribution in [1.29, 1.82) is 0 Å². The zero-order valence-corrected chi connectivity index (χ0v) is 12.0. The summed E-state index contributed by atoms with van der Waals surface area (Å²) in [5, 5.41) is 3.78. The fraction of sp³-hybridized carbons (Fsp3) is 1.00. The van der Waals surface area contributed by atoms with E-state index >= 15 is 0 Å². The molecule has 1 saturated carbocycles. The van der Waals surface area contributed by atoms with E-state index < -0.39 is 0 Å². The molecule has 106 valence electrons. The Hall–Kier alpha value is -0.120. The summed E-state index contributed by atoms with van der Waals surface area (Å²) in [7, 11) is 0. The third kappa shape index (κ3) is 3.69. The summed E-state index contributed by atoms with van der Waals surface area (Å²) in [5.74, 6) is 0. The lowest BCUT2D eigenvalue weighted by Gasteiger charge is -2.40. The second-order valence-corrected chi connectivity index (χ2v) is 6.69. The minimum atomic E-state index is 0.173. The Morgan fingerprint density at radius 2 is 1.78 bits per heavy atom. The number of ether oxygens (including phenoxy) is 1. The highest BCUT2D eigenvalue weighted by Crippen LogP contribution is 2.34. The summed E-state index contributed by atoms with van der Waals surface area (Å²) in [4.78, 5) is 0. The Kier molecular flexibility index (Phi) is 5.05. The van der Waals surface area contributed by atoms with Crippen LogP contribution in [-0.2, 0) is 4.74 Å². The molecule has 0 aromatic carbocycles. The minimum absolute atomic E-state index is 0.173. The molecule has 3 N–H and O–H groups in total. The van der Waals surface area contributed by atoms with Crippen molar-refractivity contribution in [3.05, 3.63) is 0 Å². The largest absolute Gasteiger partial charge is 0.380 e. The Morgan fingerprint density at radius 1 is 1.06 bits per heavy atom. The second-order valence-electron chi connectivity index (χ2n) is 6.69. The van der Waals surface area contributed by atoms with E-state index in [1.54, 1.807) is 0 Å². The van der Waals surface area contributed by atoms with Crippen LogP contribution in [-0.4, -0.2) is 31.8 Å². The predicted molar refractivity (Wildman–Crippen MR) is 75.7 cm³/mol. The molecule has 18 heavy (non-hydrogen) atoms. The molecule has 0 radical (unpaired) electrons. The van der Waals surface area contributed by atoms with Crippen molar-refractivity contribution in [3.63, 3.8) is 0 Å². The highest BCUT2D eigenvalue weighted by molar-refractivity contribution is 4.91. The van der Waals surface area contributed by atoms with Crippen molar-refractivity contribution in [1.82, 2.24) is 5.32 Å². The van der Waals surface area contributed by atoms with Gasteiger partial charge in [0.1, 0.15) is 0 Å². The SMILES string of the molecule is CC1(NCC2(CN)CCCCCC2)CCCOC1. The third-order valence-electron chi connectivity index (χ3n) is 4.93. The lowest BCUT2D eigenvalue weighted by atomic mass is 9.79. The topological polar surface area (TPSA) is 47.3 Å². The molecular formula is C15H30N2O. The number of nitrogens with two attached hydrogens (primary N) is 1. The second kappa shape index (κ2) is 6.36. The third-order valence-corrected chi connectivity index (χ3v) is 4.93. The number of hydrogen-bond donors (Lipinski definition) is 2. The summed E-state index contributed by atoms with van der Waals surface area (Å²) in [6, 6.07) is 0. The molecule has 2 aliphatic rings. The highest BCUT2D eigenvalue weighted by atomic mass is 16.5. The van der Waals surface area contributed by atoms with Gasteiger partial charge in [0.15, 0.2) is 0 Å². The number of rotatable bonds is 4. The van der Waals surface area contributed by atoms with Crippen molar-refractivity contribution < 1.29 is 4.74 Å². The van der Waals surface area contributed by atoms with E-state index in [4.69, 9.17) is 10.5 Å². The molecule has 0 spiro atoms. The van der Waals surface area contributed by atoms with Crippen molar-refractivity contribution in [2.24, 2.45) is 11.1 Å². The van der Waals surface area contributed by atoms with Gasteiger partial charge in [0, 0.05) is 18.7 Å². The maximum atomic E-state index is 6.10. The van der Waals surface area contributed by atoms with Crippen LogP contribution in [0.2, 0.25) is 0 Å². The standard InChI is InChI=1S/C15H30N2O/c1-14(7-6-10-18-13-14)17-12-15(11-16)8-4-2-3-5-9-15/h17H,2-13,16H2,1H3. The summed E-state index contributed by atoms with van der Waals surface area (Å²) < 4.78 is 5.62. The Bertz CT molecular complexity index is 241. The average molecular weight is 254 g/mol. The number of hydrogen-bond acceptors (Lipinski definition) is 3. The van der Waals surface area contributed by atoms with Gasteiger partial charge in [0.05, 0.1) is 6.61 Å². The van der Waals surface area contributed by atoms with E-state index in [9.17, 15) is 0 Å². The van der Waals surface area contributed by atoms with Gasteiger partial charge in [-0.2, -0.15) is 0 Å². The molecule has 0 aromatic rings. The monoisotopic (exact) mass is 254 g/mol. The quantitative estimate of drug-likeness (QED) is 0.758. The van der Waals surface area contributed by atoms with E-state index in [-0.39, 0.29) is 5.54 Å². The first-order valence-corrected chi connectivity index (χ1v) is 7.71. The Labute approximate surface area is 112 Å². The molecule has 0 amide bonds. The molecule has 1 unspecified atom stereocenters. The van der Waals surface area contributed by atoms with Gasteiger partial charge >= 0.3 is 0 Å². The van der Waals surface area contributed by atoms with Gasteiger partial charge in [0.2, 0.25) is 0 Å². The molecule has 1 aliphatic heterocycles. The average Bonchev–Trinajstić information content (AvgIpc) is 2.64. The molecule has 1 atom stereocenters. The molecule has 1 saturated heterocycles. The molecule has 2 rings (SSSR count). The van der Waals surface area contributed by atoms with Crippen LogP contribution in [0.5, 0.6) is 0 Å². The van der Waals surface area contributed by atoms with Crippen LogP contribution in [0.1, 0.15) is 58.3 Å². The lowest BCUT2D eigenvalue weighted by molar-refractivity contribution is 0.0221. The van der Waals surface area contributed by atoms with E-state index in [0.29, 0.717) is 5.41 Å². The van der Waals surface area contributed by atoms with Gasteiger partial charge in [-0.25, -0.2) is 0 Å². The summed E-state index contributed by atoms with van der Waals surface area (Å²) in [5.41, 5.74) is 6.61. The molecule has 2 fully saturated rings. The van der Waals surface area contributed by atoms with Crippen LogP contribution in [0.4, 0.5) is 0 Å². The summed E-state index contributed by atoms with van der Waals surface area (Å²) in [6.07, 6.45) is 10.5. The summed E-state index contributed by atoms with van der Waals surface area (Å²) >= 11 is 0. The van der Waals surface area contributed by atoms with Gasteiger partial charge in [-0.15, -0.1) is 0 Å². The van der Waals surface area contributed by atoms with Gasteiger partial charge in [-0.3, -0.25) is 0 Å². The molecular weight excluding hydrogens is 224 g/mol. The Morgan fingerprint density at radius 3 is 2.33 bits per heavy atom. The highest BCUT2D eigenvalue weighted by Gasteiger charge is 2.34. The molecule has 3 nitrogen and oxygen atoms in total. The smallest absolute Gasteiger partial charge is 0.0645 e. The van der Waals surface area contributed by atoms with Crippen molar-refractivity contribution >= 4 is 0 Å². The molecule has 1 heterocycles. The van der Waals surface area contributed by atoms with Crippen molar-refractivity contribution in [2.45, 2.75) is 63.8 Å². The van der Waals surface area contributed by atoms with E-state index in [1.165, 1.54) is 51.4 Å². The summed E-state index contributed by atoms with van der Waals surface area (Å²) in [6.45, 7) is 5.99. The fourth-order valence-corrected chi connectivity index (χ4v) is 3.41. The van der Waals surface area contributed by atoms with Gasteiger partial charge < -0.3 is 15.8 Å². The number of nitrogens with one attached hydrogen (secondary N) is 1. The van der Waals surface area contributed by atoms with Crippen molar-refractivity contribution in [3.8, 4) is 0 Å². The molecule has 0 bridgehead atoms. The van der Waals surface area contributed by atoms with Crippen LogP contribution in [0.15, 0.2) is 0 Å².